The van der Waals surface area contributed by atoms with Gasteiger partial charge in [0, 0.05) is 0 Å². The molecule has 1 aliphatic heterocycles. The summed E-state index contributed by atoms with van der Waals surface area (Å²) in [6, 6.07) is 13.1. The summed E-state index contributed by atoms with van der Waals surface area (Å²) in [5.41, 5.74) is 1.27. The van der Waals surface area contributed by atoms with E-state index in [-0.39, 0.29) is 11.1 Å². The molecule has 7 heteroatoms. The molecule has 0 aromatic heterocycles. The van der Waals surface area contributed by atoms with Gasteiger partial charge in [0.2, 0.25) is 0 Å². The predicted octanol–water partition coefficient (Wildman–Crippen LogP) is 3.17. The van der Waals surface area contributed by atoms with Gasteiger partial charge in [-0.05, 0) is 29.8 Å². The Morgan fingerprint density at radius 3 is 2.21 bits per heavy atom. The van der Waals surface area contributed by atoms with Crippen molar-refractivity contribution < 1.29 is 22.8 Å². The van der Waals surface area contributed by atoms with Gasteiger partial charge in [-0.25, -0.2) is 5.01 Å². The lowest BCUT2D eigenvalue weighted by atomic mass is 10.0. The minimum absolute atomic E-state index is 0.238. The molecule has 0 unspecified atom stereocenters. The summed E-state index contributed by atoms with van der Waals surface area (Å²) in [4.78, 5) is 24.4. The van der Waals surface area contributed by atoms with Gasteiger partial charge in [0.15, 0.2) is 0 Å². The number of halogens is 3. The van der Waals surface area contributed by atoms with Crippen LogP contribution in [0.4, 0.5) is 18.9 Å². The van der Waals surface area contributed by atoms with Gasteiger partial charge in [0.05, 0.1) is 11.3 Å². The molecule has 2 amide bonds. The third-order valence-electron chi connectivity index (χ3n) is 3.47. The molecule has 1 aliphatic rings. The summed E-state index contributed by atoms with van der Waals surface area (Å²) >= 11 is 0. The zero-order valence-corrected chi connectivity index (χ0v) is 12.2. The first-order valence-electron chi connectivity index (χ1n) is 6.96. The molecule has 0 bridgehead atoms. The van der Waals surface area contributed by atoms with Crippen LogP contribution in [0.1, 0.15) is 11.1 Å². The van der Waals surface area contributed by atoms with Crippen LogP contribution < -0.4 is 10.4 Å². The standard InChI is InChI=1S/C17H11F3N2O2/c18-17(19,20)14-9-5-4-6-11(14)10-13-15(23)21-22(16(13)24)12-7-2-1-3-8-12/h1-10H,(H,21,23)/b13-10+. The van der Waals surface area contributed by atoms with Crippen LogP contribution in [0, 0.1) is 0 Å². The number of hydrogen-bond donors (Lipinski definition) is 1. The van der Waals surface area contributed by atoms with Crippen LogP contribution in [0.2, 0.25) is 0 Å². The number of nitrogens with one attached hydrogen (secondary N) is 1. The highest BCUT2D eigenvalue weighted by atomic mass is 19.4. The highest BCUT2D eigenvalue weighted by Gasteiger charge is 2.36. The quantitative estimate of drug-likeness (QED) is 0.678. The predicted molar refractivity (Wildman–Crippen MR) is 81.5 cm³/mol. The van der Waals surface area contributed by atoms with E-state index < -0.39 is 23.6 Å². The van der Waals surface area contributed by atoms with Crippen LogP contribution >= 0.6 is 0 Å². The number of amides is 2. The molecule has 0 spiro atoms. The fraction of sp³-hybridized carbons (Fsp3) is 0.0588. The maximum absolute atomic E-state index is 13.0. The summed E-state index contributed by atoms with van der Waals surface area (Å²) in [5.74, 6) is -1.45. The number of alkyl halides is 3. The average molecular weight is 332 g/mol. The molecule has 1 fully saturated rings. The Labute approximate surface area is 135 Å². The molecular weight excluding hydrogens is 321 g/mol. The van der Waals surface area contributed by atoms with Crippen molar-refractivity contribution in [2.24, 2.45) is 0 Å². The topological polar surface area (TPSA) is 49.4 Å². The first kappa shape index (κ1) is 15.8. The number of carbonyl (C=O) groups excluding carboxylic acids is 2. The summed E-state index contributed by atoms with van der Waals surface area (Å²) in [7, 11) is 0. The van der Waals surface area contributed by atoms with Gasteiger partial charge in [-0.2, -0.15) is 13.2 Å². The SMILES string of the molecule is O=C1NN(c2ccccc2)C(=O)/C1=C/c1ccccc1C(F)(F)F. The Bertz CT molecular complexity index is 829. The number of carbonyl (C=O) groups is 2. The first-order valence-corrected chi connectivity index (χ1v) is 6.96. The van der Waals surface area contributed by atoms with Gasteiger partial charge >= 0.3 is 6.18 Å². The van der Waals surface area contributed by atoms with Crippen molar-refractivity contribution in [3.63, 3.8) is 0 Å². The van der Waals surface area contributed by atoms with Crippen molar-refractivity contribution in [2.75, 3.05) is 5.01 Å². The maximum atomic E-state index is 13.0. The van der Waals surface area contributed by atoms with Crippen molar-refractivity contribution >= 4 is 23.6 Å². The molecule has 24 heavy (non-hydrogen) atoms. The minimum atomic E-state index is -4.58. The molecule has 0 radical (unpaired) electrons. The molecule has 4 nitrogen and oxygen atoms in total. The van der Waals surface area contributed by atoms with E-state index in [1.54, 1.807) is 30.3 Å². The molecule has 2 aromatic rings. The van der Waals surface area contributed by atoms with Crippen LogP contribution in [0.15, 0.2) is 60.2 Å². The van der Waals surface area contributed by atoms with Crippen LogP contribution in [0.5, 0.6) is 0 Å². The molecular formula is C17H11F3N2O2. The number of hydrogen-bond acceptors (Lipinski definition) is 2. The van der Waals surface area contributed by atoms with Gasteiger partial charge in [-0.1, -0.05) is 36.4 Å². The molecule has 0 atom stereocenters. The Morgan fingerprint density at radius 1 is 0.917 bits per heavy atom. The van der Waals surface area contributed by atoms with Gasteiger partial charge < -0.3 is 0 Å². The lowest BCUT2D eigenvalue weighted by molar-refractivity contribution is -0.137. The minimum Gasteiger partial charge on any atom is -0.267 e. The zero-order valence-electron chi connectivity index (χ0n) is 12.2. The molecule has 3 rings (SSSR count). The van der Waals surface area contributed by atoms with E-state index in [0.29, 0.717) is 5.69 Å². The Kier molecular flexibility index (Phi) is 3.84. The first-order chi connectivity index (χ1) is 11.4. The van der Waals surface area contributed by atoms with E-state index in [4.69, 9.17) is 0 Å². The van der Waals surface area contributed by atoms with Crippen LogP contribution in [0.3, 0.4) is 0 Å². The third kappa shape index (κ3) is 2.88. The normalized spacial score (nSPS) is 16.6. The maximum Gasteiger partial charge on any atom is 0.416 e. The molecule has 0 aliphatic carbocycles. The van der Waals surface area contributed by atoms with Gasteiger partial charge in [-0.3, -0.25) is 15.0 Å². The second-order valence-electron chi connectivity index (χ2n) is 5.06. The van der Waals surface area contributed by atoms with Gasteiger partial charge in [0.25, 0.3) is 11.8 Å². The van der Waals surface area contributed by atoms with Crippen molar-refractivity contribution in [1.82, 2.24) is 5.43 Å². The molecule has 1 heterocycles. The molecule has 2 aromatic carbocycles. The fourth-order valence-electron chi connectivity index (χ4n) is 2.35. The summed E-state index contributed by atoms with van der Waals surface area (Å²) in [5, 5.41) is 1.00. The number of para-hydroxylation sites is 1. The van der Waals surface area contributed by atoms with Gasteiger partial charge in [-0.15, -0.1) is 0 Å². The Balaban J connectivity index is 2.00. The monoisotopic (exact) mass is 332 g/mol. The van der Waals surface area contributed by atoms with E-state index in [1.165, 1.54) is 18.2 Å². The number of rotatable bonds is 2. The van der Waals surface area contributed by atoms with E-state index in [1.807, 2.05) is 0 Å². The molecule has 122 valence electrons. The zero-order chi connectivity index (χ0) is 17.3. The van der Waals surface area contributed by atoms with Crippen LogP contribution in [0.25, 0.3) is 6.08 Å². The van der Waals surface area contributed by atoms with Crippen molar-refractivity contribution in [1.29, 1.82) is 0 Å². The Morgan fingerprint density at radius 2 is 1.54 bits per heavy atom. The van der Waals surface area contributed by atoms with Crippen molar-refractivity contribution in [3.05, 3.63) is 71.3 Å². The van der Waals surface area contributed by atoms with Crippen molar-refractivity contribution in [2.45, 2.75) is 6.18 Å². The second kappa shape index (κ2) is 5.84. The van der Waals surface area contributed by atoms with E-state index in [9.17, 15) is 22.8 Å². The number of nitrogens with zero attached hydrogens (tertiary/aromatic N) is 1. The fourth-order valence-corrected chi connectivity index (χ4v) is 2.35. The average Bonchev–Trinajstić information content (AvgIpc) is 2.83. The van der Waals surface area contributed by atoms with E-state index in [2.05, 4.69) is 5.43 Å². The van der Waals surface area contributed by atoms with Crippen molar-refractivity contribution in [3.8, 4) is 0 Å². The molecule has 0 saturated carbocycles. The summed E-state index contributed by atoms with van der Waals surface area (Å²) in [6.45, 7) is 0. The Hall–Kier alpha value is -3.09. The van der Waals surface area contributed by atoms with Gasteiger partial charge in [0.1, 0.15) is 5.57 Å². The largest absolute Gasteiger partial charge is 0.416 e. The smallest absolute Gasteiger partial charge is 0.267 e. The van der Waals surface area contributed by atoms with E-state index in [0.717, 1.165) is 17.2 Å². The lowest BCUT2D eigenvalue weighted by Crippen LogP contribution is -2.35. The summed E-state index contributed by atoms with van der Waals surface area (Å²) in [6.07, 6.45) is -3.62. The molecule has 1 N–H and O–H groups in total. The third-order valence-corrected chi connectivity index (χ3v) is 3.47. The summed E-state index contributed by atoms with van der Waals surface area (Å²) < 4.78 is 39.1. The molecule has 1 saturated heterocycles. The highest BCUT2D eigenvalue weighted by molar-refractivity contribution is 6.31. The van der Waals surface area contributed by atoms with Crippen LogP contribution in [-0.4, -0.2) is 11.8 Å². The number of benzene rings is 2. The highest BCUT2D eigenvalue weighted by Crippen LogP contribution is 2.33. The van der Waals surface area contributed by atoms with Crippen LogP contribution in [-0.2, 0) is 15.8 Å². The number of anilines is 1. The van der Waals surface area contributed by atoms with E-state index >= 15 is 0 Å². The lowest BCUT2D eigenvalue weighted by Gasteiger charge is -2.14. The second-order valence-corrected chi connectivity index (χ2v) is 5.06. The number of hydrazine groups is 1.